The molecule has 1 saturated carbocycles. The largest absolute Gasteiger partial charge is 0.381 e. The smallest absolute Gasteiger partial charge is 0.0387 e. The molecule has 1 atom stereocenters. The first-order valence-corrected chi connectivity index (χ1v) is 6.18. The zero-order valence-corrected chi connectivity index (χ0v) is 9.68. The normalized spacial score (nSPS) is 25.4. The molecule has 74 valence electrons. The highest BCUT2D eigenvalue weighted by atomic mass is 79.9. The van der Waals surface area contributed by atoms with Crippen LogP contribution in [0.2, 0.25) is 0 Å². The van der Waals surface area contributed by atoms with Crippen LogP contribution >= 0.6 is 15.9 Å². The highest BCUT2D eigenvalue weighted by Crippen LogP contribution is 2.39. The molecular weight excluding hydrogens is 238 g/mol. The second kappa shape index (κ2) is 3.27. The van der Waals surface area contributed by atoms with Crippen molar-refractivity contribution >= 4 is 21.6 Å². The van der Waals surface area contributed by atoms with E-state index < -0.39 is 0 Å². The maximum absolute atomic E-state index is 3.65. The van der Waals surface area contributed by atoms with Gasteiger partial charge in [-0.2, -0.15) is 0 Å². The summed E-state index contributed by atoms with van der Waals surface area (Å²) in [5.41, 5.74) is 2.82. The maximum Gasteiger partial charge on any atom is 0.0387 e. The topological polar surface area (TPSA) is 12.0 Å². The van der Waals surface area contributed by atoms with Gasteiger partial charge in [0.2, 0.25) is 0 Å². The molecule has 0 amide bonds. The predicted octanol–water partition coefficient (Wildman–Crippen LogP) is 3.59. The highest BCUT2D eigenvalue weighted by molar-refractivity contribution is 9.10. The van der Waals surface area contributed by atoms with Crippen LogP contribution in [0, 0.1) is 5.92 Å². The fourth-order valence-electron chi connectivity index (χ4n) is 2.50. The minimum absolute atomic E-state index is 0.706. The predicted molar refractivity (Wildman–Crippen MR) is 62.6 cm³/mol. The van der Waals surface area contributed by atoms with Gasteiger partial charge in [0.05, 0.1) is 0 Å². The van der Waals surface area contributed by atoms with E-state index in [9.17, 15) is 0 Å². The lowest BCUT2D eigenvalue weighted by molar-refractivity contribution is 0.278. The van der Waals surface area contributed by atoms with Crippen molar-refractivity contribution in [3.8, 4) is 0 Å². The van der Waals surface area contributed by atoms with Gasteiger partial charge in [-0.3, -0.25) is 0 Å². The molecule has 1 nitrogen and oxygen atoms in total. The first-order chi connectivity index (χ1) is 6.84. The Morgan fingerprint density at radius 3 is 2.79 bits per heavy atom. The summed E-state index contributed by atoms with van der Waals surface area (Å²) >= 11 is 3.62. The zero-order valence-electron chi connectivity index (χ0n) is 8.09. The minimum atomic E-state index is 0.706. The Labute approximate surface area is 93.0 Å². The monoisotopic (exact) mass is 251 g/mol. The summed E-state index contributed by atoms with van der Waals surface area (Å²) in [6.07, 6.45) is 5.48. The first kappa shape index (κ1) is 8.78. The number of rotatable bonds is 1. The van der Waals surface area contributed by atoms with E-state index in [4.69, 9.17) is 0 Å². The summed E-state index contributed by atoms with van der Waals surface area (Å²) in [4.78, 5) is 0. The van der Waals surface area contributed by atoms with Gasteiger partial charge in [-0.1, -0.05) is 28.4 Å². The molecule has 1 aliphatic heterocycles. The summed E-state index contributed by atoms with van der Waals surface area (Å²) in [6, 6.07) is 7.15. The average molecular weight is 252 g/mol. The Morgan fingerprint density at radius 2 is 2.14 bits per heavy atom. The van der Waals surface area contributed by atoms with E-state index in [1.807, 2.05) is 0 Å². The van der Waals surface area contributed by atoms with Crippen molar-refractivity contribution in [1.82, 2.24) is 0 Å². The summed E-state index contributed by atoms with van der Waals surface area (Å²) in [5.74, 6) is 0.925. The van der Waals surface area contributed by atoms with Crippen molar-refractivity contribution in [2.24, 2.45) is 5.92 Å². The van der Waals surface area contributed by atoms with Gasteiger partial charge < -0.3 is 5.32 Å². The van der Waals surface area contributed by atoms with Crippen molar-refractivity contribution in [3.63, 3.8) is 0 Å². The molecule has 0 aromatic heterocycles. The van der Waals surface area contributed by atoms with Gasteiger partial charge in [-0.25, -0.2) is 0 Å². The van der Waals surface area contributed by atoms with Gasteiger partial charge in [0.15, 0.2) is 0 Å². The van der Waals surface area contributed by atoms with Crippen LogP contribution in [-0.4, -0.2) is 6.04 Å². The minimum Gasteiger partial charge on any atom is -0.381 e. The fraction of sp³-hybridized carbons (Fsp3) is 0.500. The molecule has 0 saturated heterocycles. The molecule has 3 rings (SSSR count). The number of hydrogen-bond acceptors (Lipinski definition) is 1. The molecule has 2 aliphatic rings. The average Bonchev–Trinajstić information content (AvgIpc) is 2.46. The number of benzene rings is 1. The van der Waals surface area contributed by atoms with E-state index in [1.54, 1.807) is 0 Å². The van der Waals surface area contributed by atoms with E-state index in [1.165, 1.54) is 41.4 Å². The van der Waals surface area contributed by atoms with Gasteiger partial charge in [-0.05, 0) is 42.9 Å². The molecule has 14 heavy (non-hydrogen) atoms. The Bertz CT molecular complexity index is 357. The van der Waals surface area contributed by atoms with Crippen LogP contribution in [-0.2, 0) is 6.42 Å². The summed E-state index contributed by atoms with van der Waals surface area (Å²) in [7, 11) is 0. The summed E-state index contributed by atoms with van der Waals surface area (Å²) in [5, 5.41) is 3.65. The molecule has 0 radical (unpaired) electrons. The lowest BCUT2D eigenvalue weighted by atomic mass is 9.79. The molecular formula is C12H14BrN. The first-order valence-electron chi connectivity index (χ1n) is 5.38. The van der Waals surface area contributed by atoms with Gasteiger partial charge in [0, 0.05) is 16.2 Å². The Hall–Kier alpha value is -0.500. The number of nitrogens with one attached hydrogen (secondary N) is 1. The Kier molecular flexibility index (Phi) is 2.05. The van der Waals surface area contributed by atoms with Crippen molar-refractivity contribution in [3.05, 3.63) is 28.2 Å². The lowest BCUT2D eigenvalue weighted by Crippen LogP contribution is -2.31. The molecule has 1 unspecified atom stereocenters. The molecule has 1 fully saturated rings. The number of fused-ring (bicyclic) bond motifs is 1. The molecule has 1 N–H and O–H groups in total. The molecule has 1 aromatic carbocycles. The third-order valence-corrected chi connectivity index (χ3v) is 4.35. The third-order valence-electron chi connectivity index (χ3n) is 3.60. The highest BCUT2D eigenvalue weighted by Gasteiger charge is 2.32. The van der Waals surface area contributed by atoms with Gasteiger partial charge in [0.25, 0.3) is 0 Å². The molecule has 1 heterocycles. The Morgan fingerprint density at radius 1 is 1.29 bits per heavy atom. The van der Waals surface area contributed by atoms with Crippen LogP contribution < -0.4 is 5.32 Å². The van der Waals surface area contributed by atoms with E-state index >= 15 is 0 Å². The number of anilines is 1. The molecule has 1 aliphatic carbocycles. The van der Waals surface area contributed by atoms with Crippen LogP contribution in [0.3, 0.4) is 0 Å². The van der Waals surface area contributed by atoms with E-state index in [2.05, 4.69) is 39.4 Å². The van der Waals surface area contributed by atoms with Crippen LogP contribution in [0.25, 0.3) is 0 Å². The number of halogens is 1. The quantitative estimate of drug-likeness (QED) is 0.805. The van der Waals surface area contributed by atoms with E-state index in [-0.39, 0.29) is 0 Å². The Balaban J connectivity index is 1.86. The van der Waals surface area contributed by atoms with Crippen molar-refractivity contribution in [2.75, 3.05) is 5.32 Å². The lowest BCUT2D eigenvalue weighted by Gasteiger charge is -2.31. The zero-order chi connectivity index (χ0) is 9.54. The molecule has 2 heteroatoms. The summed E-state index contributed by atoms with van der Waals surface area (Å²) in [6.45, 7) is 0. The van der Waals surface area contributed by atoms with Crippen molar-refractivity contribution < 1.29 is 0 Å². The second-order valence-electron chi connectivity index (χ2n) is 4.41. The van der Waals surface area contributed by atoms with Crippen molar-refractivity contribution in [1.29, 1.82) is 0 Å². The molecule has 0 bridgehead atoms. The third kappa shape index (κ3) is 1.28. The second-order valence-corrected chi connectivity index (χ2v) is 5.27. The van der Waals surface area contributed by atoms with E-state index in [0.29, 0.717) is 6.04 Å². The SMILES string of the molecule is Brc1cccc2c1CC(C1CCC1)N2. The van der Waals surface area contributed by atoms with Gasteiger partial charge >= 0.3 is 0 Å². The van der Waals surface area contributed by atoms with Crippen molar-refractivity contribution in [2.45, 2.75) is 31.7 Å². The van der Waals surface area contributed by atoms with Crippen LogP contribution in [0.4, 0.5) is 5.69 Å². The fourth-order valence-corrected chi connectivity index (χ4v) is 3.03. The van der Waals surface area contributed by atoms with Crippen LogP contribution in [0.15, 0.2) is 22.7 Å². The maximum atomic E-state index is 3.65. The number of hydrogen-bond donors (Lipinski definition) is 1. The van der Waals surface area contributed by atoms with Crippen LogP contribution in [0.5, 0.6) is 0 Å². The standard InChI is InChI=1S/C12H14BrN/c13-10-5-2-6-11-9(10)7-12(14-11)8-3-1-4-8/h2,5-6,8,12,14H,1,3-4,7H2. The van der Waals surface area contributed by atoms with Gasteiger partial charge in [0.1, 0.15) is 0 Å². The van der Waals surface area contributed by atoms with Crippen LogP contribution in [0.1, 0.15) is 24.8 Å². The summed E-state index contributed by atoms with van der Waals surface area (Å²) < 4.78 is 1.27. The van der Waals surface area contributed by atoms with E-state index in [0.717, 1.165) is 5.92 Å². The van der Waals surface area contributed by atoms with Gasteiger partial charge in [-0.15, -0.1) is 0 Å². The molecule has 1 aromatic rings. The molecule has 0 spiro atoms.